The van der Waals surface area contributed by atoms with E-state index in [1.165, 1.54) is 7.55 Å². The third-order valence-electron chi connectivity index (χ3n) is 1.19. The number of hydrogen-bond acceptors (Lipinski definition) is 2. The molecule has 2 heterocycles. The van der Waals surface area contributed by atoms with E-state index < -0.39 is 0 Å². The van der Waals surface area contributed by atoms with Gasteiger partial charge in [-0.3, -0.25) is 0 Å². The first-order chi connectivity index (χ1) is 5.45. The summed E-state index contributed by atoms with van der Waals surface area (Å²) in [6, 6.07) is 8.67. The standard InChI is InChI=1S/C8H6S2Se/c1-3-7(9-5-1)11-8-4-2-6-10-8/h1-6H. The Balaban J connectivity index is 2.14. The molecular weight excluding hydrogens is 239 g/mol. The molecule has 2 aromatic heterocycles. The molecule has 0 nitrogen and oxygen atoms in total. The van der Waals surface area contributed by atoms with Crippen molar-refractivity contribution in [2.24, 2.45) is 0 Å². The van der Waals surface area contributed by atoms with Crippen molar-refractivity contribution in [1.82, 2.24) is 0 Å². The van der Waals surface area contributed by atoms with E-state index in [0.29, 0.717) is 15.0 Å². The zero-order valence-corrected chi connectivity index (χ0v) is 9.03. The molecule has 0 radical (unpaired) electrons. The zero-order chi connectivity index (χ0) is 7.52. The molecule has 0 amide bonds. The van der Waals surface area contributed by atoms with E-state index in [1.807, 2.05) is 22.7 Å². The van der Waals surface area contributed by atoms with Crippen LogP contribution in [0.25, 0.3) is 0 Å². The maximum atomic E-state index is 2.21. The second kappa shape index (κ2) is 3.55. The van der Waals surface area contributed by atoms with Crippen molar-refractivity contribution in [2.45, 2.75) is 0 Å². The molecule has 56 valence electrons. The van der Waals surface area contributed by atoms with Crippen LogP contribution in [0.15, 0.2) is 35.0 Å². The van der Waals surface area contributed by atoms with Crippen LogP contribution >= 0.6 is 22.7 Å². The summed E-state index contributed by atoms with van der Waals surface area (Å²) >= 11 is 4.27. The molecule has 0 unspecified atom stereocenters. The summed E-state index contributed by atoms with van der Waals surface area (Å²) in [6.45, 7) is 0. The first kappa shape index (κ1) is 7.56. The van der Waals surface area contributed by atoms with E-state index in [-0.39, 0.29) is 0 Å². The minimum absolute atomic E-state index is 0.558. The van der Waals surface area contributed by atoms with Gasteiger partial charge in [0.25, 0.3) is 0 Å². The Hall–Kier alpha value is -0.0805. The monoisotopic (exact) mass is 246 g/mol. The molecule has 0 aliphatic rings. The predicted molar refractivity (Wildman–Crippen MR) is 53.7 cm³/mol. The van der Waals surface area contributed by atoms with Gasteiger partial charge in [-0.1, -0.05) is 0 Å². The van der Waals surface area contributed by atoms with Gasteiger partial charge in [0.1, 0.15) is 0 Å². The van der Waals surface area contributed by atoms with Gasteiger partial charge in [-0.05, 0) is 0 Å². The van der Waals surface area contributed by atoms with E-state index in [9.17, 15) is 0 Å². The van der Waals surface area contributed by atoms with Crippen molar-refractivity contribution in [3.05, 3.63) is 35.0 Å². The maximum absolute atomic E-state index is 2.21. The van der Waals surface area contributed by atoms with Gasteiger partial charge in [-0.15, -0.1) is 0 Å². The van der Waals surface area contributed by atoms with Crippen LogP contribution in [0.1, 0.15) is 0 Å². The van der Waals surface area contributed by atoms with Crippen LogP contribution in [0.5, 0.6) is 0 Å². The Morgan fingerprint density at radius 2 is 1.45 bits per heavy atom. The number of hydrogen-bond donors (Lipinski definition) is 0. The van der Waals surface area contributed by atoms with Crippen LogP contribution in [-0.2, 0) is 0 Å². The zero-order valence-electron chi connectivity index (χ0n) is 5.69. The summed E-state index contributed by atoms with van der Waals surface area (Å²) in [4.78, 5) is 0. The SMILES string of the molecule is c1csc([Se]c2cccs2)c1. The fourth-order valence-corrected chi connectivity index (χ4v) is 5.28. The summed E-state index contributed by atoms with van der Waals surface area (Å²) in [7, 11) is 0. The van der Waals surface area contributed by atoms with Gasteiger partial charge in [0.15, 0.2) is 0 Å². The van der Waals surface area contributed by atoms with Crippen LogP contribution in [0.3, 0.4) is 0 Å². The van der Waals surface area contributed by atoms with Gasteiger partial charge >= 0.3 is 80.2 Å². The molecule has 0 saturated carbocycles. The molecule has 0 spiro atoms. The molecule has 2 rings (SSSR count). The second-order valence-electron chi connectivity index (χ2n) is 1.97. The molecule has 0 bridgehead atoms. The third kappa shape index (κ3) is 1.94. The normalized spacial score (nSPS) is 10.2. The molecule has 0 aliphatic heterocycles. The molecule has 11 heavy (non-hydrogen) atoms. The first-order valence-corrected chi connectivity index (χ1v) is 6.67. The minimum atomic E-state index is 0.558. The van der Waals surface area contributed by atoms with Gasteiger partial charge in [0.05, 0.1) is 0 Å². The van der Waals surface area contributed by atoms with Gasteiger partial charge in [-0.25, -0.2) is 0 Å². The molecule has 2 aromatic rings. The van der Waals surface area contributed by atoms with Crippen molar-refractivity contribution < 1.29 is 0 Å². The van der Waals surface area contributed by atoms with E-state index in [0.717, 1.165) is 0 Å². The summed E-state index contributed by atoms with van der Waals surface area (Å²) < 4.78 is 3.03. The molecule has 0 aromatic carbocycles. The van der Waals surface area contributed by atoms with Crippen molar-refractivity contribution in [2.75, 3.05) is 0 Å². The quantitative estimate of drug-likeness (QED) is 0.703. The topological polar surface area (TPSA) is 0 Å². The second-order valence-corrected chi connectivity index (χ2v) is 7.30. The van der Waals surface area contributed by atoms with Crippen molar-refractivity contribution >= 4 is 45.2 Å². The Morgan fingerprint density at radius 3 is 1.82 bits per heavy atom. The van der Waals surface area contributed by atoms with Crippen molar-refractivity contribution in [1.29, 1.82) is 0 Å². The van der Waals surface area contributed by atoms with Gasteiger partial charge < -0.3 is 0 Å². The van der Waals surface area contributed by atoms with Crippen LogP contribution in [0.4, 0.5) is 0 Å². The Bertz CT molecular complexity index is 264. The van der Waals surface area contributed by atoms with Crippen LogP contribution in [0, 0.1) is 0 Å². The van der Waals surface area contributed by atoms with Gasteiger partial charge in [0.2, 0.25) is 0 Å². The molecule has 3 heteroatoms. The first-order valence-electron chi connectivity index (χ1n) is 3.20. The van der Waals surface area contributed by atoms with Gasteiger partial charge in [0, 0.05) is 0 Å². The molecule has 0 aliphatic carbocycles. The fraction of sp³-hybridized carbons (Fsp3) is 0. The third-order valence-corrected chi connectivity index (χ3v) is 6.01. The number of thiophene rings is 2. The van der Waals surface area contributed by atoms with Crippen LogP contribution in [-0.4, -0.2) is 15.0 Å². The van der Waals surface area contributed by atoms with Crippen molar-refractivity contribution in [3.8, 4) is 0 Å². The summed E-state index contributed by atoms with van der Waals surface area (Å²) in [6.07, 6.45) is 0. The molecule has 0 N–H and O–H groups in total. The molecule has 0 fully saturated rings. The van der Waals surface area contributed by atoms with E-state index >= 15 is 0 Å². The van der Waals surface area contributed by atoms with Crippen molar-refractivity contribution in [3.63, 3.8) is 0 Å². The summed E-state index contributed by atoms with van der Waals surface area (Å²) in [5.74, 6) is 0. The van der Waals surface area contributed by atoms with Crippen LogP contribution in [0.2, 0.25) is 0 Å². The Labute approximate surface area is 80.0 Å². The Kier molecular flexibility index (Phi) is 2.44. The predicted octanol–water partition coefficient (Wildman–Crippen LogP) is 1.46. The average Bonchev–Trinajstić information content (AvgIpc) is 2.60. The molecule has 0 atom stereocenters. The van der Waals surface area contributed by atoms with E-state index in [4.69, 9.17) is 0 Å². The molecule has 0 saturated heterocycles. The summed E-state index contributed by atoms with van der Waals surface area (Å²) in [5.41, 5.74) is 0. The molecular formula is C8H6S2Se. The average molecular weight is 245 g/mol. The summed E-state index contributed by atoms with van der Waals surface area (Å²) in [5, 5.41) is 4.29. The van der Waals surface area contributed by atoms with Crippen LogP contribution < -0.4 is 7.55 Å². The Morgan fingerprint density at radius 1 is 0.909 bits per heavy atom. The van der Waals surface area contributed by atoms with E-state index in [1.54, 1.807) is 0 Å². The fourth-order valence-electron chi connectivity index (χ4n) is 0.742. The van der Waals surface area contributed by atoms with E-state index in [2.05, 4.69) is 35.0 Å². The number of rotatable bonds is 2. The van der Waals surface area contributed by atoms with Gasteiger partial charge in [-0.2, -0.15) is 0 Å².